The molecule has 2 atom stereocenters. The van der Waals surface area contributed by atoms with Gasteiger partial charge in [0.1, 0.15) is 0 Å². The second kappa shape index (κ2) is 5.84. The van der Waals surface area contributed by atoms with Crippen molar-refractivity contribution in [2.24, 2.45) is 17.8 Å². The van der Waals surface area contributed by atoms with E-state index in [4.69, 9.17) is 0 Å². The summed E-state index contributed by atoms with van der Waals surface area (Å²) in [7, 11) is 0. The van der Waals surface area contributed by atoms with Gasteiger partial charge in [0.15, 0.2) is 0 Å². The normalized spacial score (nSPS) is 32.5. The molecule has 0 amide bonds. The standard InChI is InChI=1S/C15H25F3N2/c16-15(17,18)10-19-14-6-13(5-11-1-2-11)8-20(9-14)7-12-3-4-12/h11-14,19H,1-10H2. The summed E-state index contributed by atoms with van der Waals surface area (Å²) in [6.45, 7) is 2.17. The summed E-state index contributed by atoms with van der Waals surface area (Å²) in [6.07, 6.45) is 3.35. The Balaban J connectivity index is 1.50. The topological polar surface area (TPSA) is 15.3 Å². The van der Waals surface area contributed by atoms with E-state index < -0.39 is 12.7 Å². The van der Waals surface area contributed by atoms with Crippen LogP contribution in [-0.2, 0) is 0 Å². The quantitative estimate of drug-likeness (QED) is 0.809. The van der Waals surface area contributed by atoms with E-state index in [1.807, 2.05) is 0 Å². The molecule has 0 aromatic rings. The maximum Gasteiger partial charge on any atom is 0.401 e. The summed E-state index contributed by atoms with van der Waals surface area (Å²) in [5, 5.41) is 2.74. The summed E-state index contributed by atoms with van der Waals surface area (Å²) < 4.78 is 37.1. The molecule has 3 aliphatic rings. The second-order valence-electron chi connectivity index (χ2n) is 7.14. The van der Waals surface area contributed by atoms with Gasteiger partial charge in [0, 0.05) is 25.7 Å². The lowest BCUT2D eigenvalue weighted by Gasteiger charge is -2.38. The zero-order valence-corrected chi connectivity index (χ0v) is 12.0. The van der Waals surface area contributed by atoms with Crippen LogP contribution in [0, 0.1) is 17.8 Å². The number of hydrogen-bond acceptors (Lipinski definition) is 2. The van der Waals surface area contributed by atoms with Crippen LogP contribution < -0.4 is 5.32 Å². The zero-order chi connectivity index (χ0) is 14.2. The lowest BCUT2D eigenvalue weighted by Crippen LogP contribution is -2.51. The predicted octanol–water partition coefficient (Wildman–Crippen LogP) is 3.04. The van der Waals surface area contributed by atoms with E-state index in [1.54, 1.807) is 0 Å². The van der Waals surface area contributed by atoms with Gasteiger partial charge in [-0.05, 0) is 43.4 Å². The number of halogens is 3. The summed E-state index contributed by atoms with van der Waals surface area (Å²) in [4.78, 5) is 2.42. The number of piperidine rings is 1. The van der Waals surface area contributed by atoms with Crippen LogP contribution in [0.1, 0.15) is 38.5 Å². The smallest absolute Gasteiger partial charge is 0.305 e. The molecule has 1 saturated heterocycles. The van der Waals surface area contributed by atoms with E-state index in [2.05, 4.69) is 10.2 Å². The van der Waals surface area contributed by atoms with Gasteiger partial charge >= 0.3 is 6.18 Å². The maximum atomic E-state index is 12.4. The van der Waals surface area contributed by atoms with Gasteiger partial charge in [-0.2, -0.15) is 13.2 Å². The van der Waals surface area contributed by atoms with E-state index >= 15 is 0 Å². The molecule has 3 rings (SSSR count). The number of nitrogens with zero attached hydrogens (tertiary/aromatic N) is 1. The van der Waals surface area contributed by atoms with Crippen molar-refractivity contribution in [3.8, 4) is 0 Å². The van der Waals surface area contributed by atoms with Crippen molar-refractivity contribution < 1.29 is 13.2 Å². The van der Waals surface area contributed by atoms with Crippen molar-refractivity contribution in [3.05, 3.63) is 0 Å². The molecule has 20 heavy (non-hydrogen) atoms. The Labute approximate surface area is 119 Å². The Bertz CT molecular complexity index is 302. The number of hydrogen-bond donors (Lipinski definition) is 1. The first-order chi connectivity index (χ1) is 9.48. The Hall–Kier alpha value is -0.290. The van der Waals surface area contributed by atoms with Gasteiger partial charge in [0.25, 0.3) is 0 Å². The van der Waals surface area contributed by atoms with Gasteiger partial charge in [-0.1, -0.05) is 12.8 Å². The van der Waals surface area contributed by atoms with Crippen LogP contribution in [0.25, 0.3) is 0 Å². The molecule has 0 radical (unpaired) electrons. The zero-order valence-electron chi connectivity index (χ0n) is 12.0. The van der Waals surface area contributed by atoms with Crippen LogP contribution in [-0.4, -0.2) is 43.3 Å². The van der Waals surface area contributed by atoms with E-state index in [-0.39, 0.29) is 6.04 Å². The van der Waals surface area contributed by atoms with E-state index in [0.29, 0.717) is 5.92 Å². The molecule has 2 aliphatic carbocycles. The lowest BCUT2D eigenvalue weighted by atomic mass is 9.89. The third kappa shape index (κ3) is 4.92. The molecule has 1 aliphatic heterocycles. The SMILES string of the molecule is FC(F)(F)CNC1CC(CC2CC2)CN(CC2CC2)C1. The first-order valence-corrected chi connectivity index (χ1v) is 8.00. The van der Waals surface area contributed by atoms with Gasteiger partial charge in [-0.15, -0.1) is 0 Å². The Morgan fingerprint density at radius 1 is 0.950 bits per heavy atom. The summed E-state index contributed by atoms with van der Waals surface area (Å²) in [6, 6.07) is 0.0212. The molecular weight excluding hydrogens is 265 g/mol. The molecule has 116 valence electrons. The van der Waals surface area contributed by atoms with Crippen LogP contribution in [0.3, 0.4) is 0 Å². The highest BCUT2D eigenvalue weighted by molar-refractivity contribution is 4.89. The summed E-state index contributed by atoms with van der Waals surface area (Å²) in [5.74, 6) is 2.28. The van der Waals surface area contributed by atoms with Crippen LogP contribution >= 0.6 is 0 Å². The molecule has 3 fully saturated rings. The minimum atomic E-state index is -4.09. The molecule has 0 aromatic heterocycles. The Morgan fingerprint density at radius 2 is 1.65 bits per heavy atom. The summed E-state index contributed by atoms with van der Waals surface area (Å²) >= 11 is 0. The number of alkyl halides is 3. The maximum absolute atomic E-state index is 12.4. The molecule has 1 heterocycles. The predicted molar refractivity (Wildman–Crippen MR) is 72.5 cm³/mol. The first-order valence-electron chi connectivity index (χ1n) is 8.00. The fourth-order valence-electron chi connectivity index (χ4n) is 3.52. The van der Waals surface area contributed by atoms with Crippen molar-refractivity contribution in [2.75, 3.05) is 26.2 Å². The van der Waals surface area contributed by atoms with Crippen LogP contribution in [0.5, 0.6) is 0 Å². The highest BCUT2D eigenvalue weighted by Gasteiger charge is 2.36. The Morgan fingerprint density at radius 3 is 2.25 bits per heavy atom. The highest BCUT2D eigenvalue weighted by Crippen LogP contribution is 2.38. The fraction of sp³-hybridized carbons (Fsp3) is 1.00. The van der Waals surface area contributed by atoms with Gasteiger partial charge in [-0.3, -0.25) is 0 Å². The average molecular weight is 290 g/mol. The van der Waals surface area contributed by atoms with Crippen molar-refractivity contribution >= 4 is 0 Å². The van der Waals surface area contributed by atoms with Gasteiger partial charge in [0.05, 0.1) is 6.54 Å². The molecular formula is C15H25F3N2. The molecule has 2 saturated carbocycles. The number of rotatable bonds is 6. The molecule has 0 aromatic carbocycles. The molecule has 0 bridgehead atoms. The minimum absolute atomic E-state index is 0.0212. The van der Waals surface area contributed by atoms with Crippen molar-refractivity contribution in [3.63, 3.8) is 0 Å². The van der Waals surface area contributed by atoms with Crippen molar-refractivity contribution in [2.45, 2.75) is 50.7 Å². The molecule has 2 unspecified atom stereocenters. The van der Waals surface area contributed by atoms with Crippen LogP contribution in [0.15, 0.2) is 0 Å². The average Bonchev–Trinajstić information content (AvgIpc) is 3.22. The first kappa shape index (κ1) is 14.6. The van der Waals surface area contributed by atoms with E-state index in [9.17, 15) is 13.2 Å². The number of nitrogens with one attached hydrogen (secondary N) is 1. The minimum Gasteiger partial charge on any atom is -0.305 e. The number of likely N-dealkylation sites (tertiary alicyclic amines) is 1. The second-order valence-corrected chi connectivity index (χ2v) is 7.14. The van der Waals surface area contributed by atoms with E-state index in [0.717, 1.165) is 37.9 Å². The van der Waals surface area contributed by atoms with Gasteiger partial charge < -0.3 is 10.2 Å². The van der Waals surface area contributed by atoms with Crippen LogP contribution in [0.2, 0.25) is 0 Å². The monoisotopic (exact) mass is 290 g/mol. The van der Waals surface area contributed by atoms with Crippen LogP contribution in [0.4, 0.5) is 13.2 Å². The third-order valence-corrected chi connectivity index (χ3v) is 4.78. The molecule has 5 heteroatoms. The van der Waals surface area contributed by atoms with E-state index in [1.165, 1.54) is 32.1 Å². The van der Waals surface area contributed by atoms with Crippen molar-refractivity contribution in [1.82, 2.24) is 10.2 Å². The van der Waals surface area contributed by atoms with Gasteiger partial charge in [0.2, 0.25) is 0 Å². The molecule has 2 nitrogen and oxygen atoms in total. The van der Waals surface area contributed by atoms with Crippen molar-refractivity contribution in [1.29, 1.82) is 0 Å². The Kier molecular flexibility index (Phi) is 4.27. The summed E-state index contributed by atoms with van der Waals surface area (Å²) in [5.41, 5.74) is 0. The fourth-order valence-corrected chi connectivity index (χ4v) is 3.52. The van der Waals surface area contributed by atoms with Gasteiger partial charge in [-0.25, -0.2) is 0 Å². The largest absolute Gasteiger partial charge is 0.401 e. The molecule has 0 spiro atoms. The lowest BCUT2D eigenvalue weighted by molar-refractivity contribution is -0.127. The highest BCUT2D eigenvalue weighted by atomic mass is 19.4. The third-order valence-electron chi connectivity index (χ3n) is 4.78. The molecule has 1 N–H and O–H groups in total.